The minimum Gasteiger partial charge on any atom is -0.369 e. The van der Waals surface area contributed by atoms with Gasteiger partial charge in [-0.1, -0.05) is 19.9 Å². The van der Waals surface area contributed by atoms with E-state index in [9.17, 15) is 0 Å². The molecular weight excluding hydrogens is 236 g/mol. The van der Waals surface area contributed by atoms with Crippen molar-refractivity contribution in [1.29, 1.82) is 0 Å². The molecule has 0 bridgehead atoms. The van der Waals surface area contributed by atoms with E-state index in [0.29, 0.717) is 11.5 Å². The number of nitrogens with zero attached hydrogens (tertiary/aromatic N) is 1. The summed E-state index contributed by atoms with van der Waals surface area (Å²) < 4.78 is 6.27. The zero-order valence-electron chi connectivity index (χ0n) is 12.3. The molecule has 106 valence electrons. The van der Waals surface area contributed by atoms with Gasteiger partial charge in [0.2, 0.25) is 0 Å². The smallest absolute Gasteiger partial charge is 0.0991 e. The molecule has 0 spiro atoms. The Labute approximate surface area is 116 Å². The maximum absolute atomic E-state index is 6.27. The Morgan fingerprint density at radius 1 is 1.37 bits per heavy atom. The van der Waals surface area contributed by atoms with Gasteiger partial charge in [0.1, 0.15) is 0 Å². The summed E-state index contributed by atoms with van der Waals surface area (Å²) in [4.78, 5) is 4.17. The predicted octanol–water partition coefficient (Wildman–Crippen LogP) is 3.46. The SMILES string of the molecule is CC(N)C(OC1CCC(C)(C)CC1)c1cccnc1. The van der Waals surface area contributed by atoms with Gasteiger partial charge < -0.3 is 10.5 Å². The van der Waals surface area contributed by atoms with Crippen LogP contribution < -0.4 is 5.73 Å². The van der Waals surface area contributed by atoms with Gasteiger partial charge in [-0.25, -0.2) is 0 Å². The maximum Gasteiger partial charge on any atom is 0.0991 e. The Balaban J connectivity index is 1.99. The van der Waals surface area contributed by atoms with Crippen LogP contribution in [-0.4, -0.2) is 17.1 Å². The summed E-state index contributed by atoms with van der Waals surface area (Å²) in [5.74, 6) is 0. The third-order valence-electron chi connectivity index (χ3n) is 4.12. The summed E-state index contributed by atoms with van der Waals surface area (Å²) in [6.07, 6.45) is 8.68. The van der Waals surface area contributed by atoms with Gasteiger partial charge in [-0.2, -0.15) is 0 Å². The van der Waals surface area contributed by atoms with Gasteiger partial charge in [-0.3, -0.25) is 4.98 Å². The van der Waals surface area contributed by atoms with E-state index in [1.807, 2.05) is 25.3 Å². The second-order valence-corrected chi connectivity index (χ2v) is 6.57. The van der Waals surface area contributed by atoms with Crippen LogP contribution in [0.2, 0.25) is 0 Å². The molecule has 1 heterocycles. The molecule has 2 rings (SSSR count). The summed E-state index contributed by atoms with van der Waals surface area (Å²) in [7, 11) is 0. The average molecular weight is 262 g/mol. The van der Waals surface area contributed by atoms with E-state index in [-0.39, 0.29) is 12.1 Å². The molecule has 0 amide bonds. The molecule has 0 radical (unpaired) electrons. The zero-order valence-corrected chi connectivity index (χ0v) is 12.3. The Morgan fingerprint density at radius 2 is 2.05 bits per heavy atom. The number of hydrogen-bond donors (Lipinski definition) is 1. The third-order valence-corrected chi connectivity index (χ3v) is 4.12. The molecule has 3 heteroatoms. The van der Waals surface area contributed by atoms with E-state index in [4.69, 9.17) is 10.5 Å². The molecule has 1 aliphatic carbocycles. The van der Waals surface area contributed by atoms with E-state index in [1.54, 1.807) is 6.20 Å². The largest absolute Gasteiger partial charge is 0.369 e. The Morgan fingerprint density at radius 3 is 2.58 bits per heavy atom. The number of hydrogen-bond acceptors (Lipinski definition) is 3. The number of pyridine rings is 1. The van der Waals surface area contributed by atoms with Crippen LogP contribution in [0.5, 0.6) is 0 Å². The molecule has 2 unspecified atom stereocenters. The first-order valence-corrected chi connectivity index (χ1v) is 7.29. The lowest BCUT2D eigenvalue weighted by atomic mass is 9.76. The summed E-state index contributed by atoms with van der Waals surface area (Å²) in [5, 5.41) is 0. The van der Waals surface area contributed by atoms with Gasteiger partial charge in [0, 0.05) is 24.0 Å². The van der Waals surface area contributed by atoms with Crippen molar-refractivity contribution >= 4 is 0 Å². The predicted molar refractivity (Wildman–Crippen MR) is 77.7 cm³/mol. The van der Waals surface area contributed by atoms with E-state index < -0.39 is 0 Å². The van der Waals surface area contributed by atoms with Crippen LogP contribution in [0.3, 0.4) is 0 Å². The Kier molecular flexibility index (Phi) is 4.58. The molecule has 0 saturated heterocycles. The van der Waals surface area contributed by atoms with Crippen LogP contribution in [0.1, 0.15) is 58.1 Å². The van der Waals surface area contributed by atoms with Crippen molar-refractivity contribution in [2.45, 2.75) is 64.7 Å². The van der Waals surface area contributed by atoms with Crippen LogP contribution in [-0.2, 0) is 4.74 Å². The monoisotopic (exact) mass is 262 g/mol. The number of nitrogens with two attached hydrogens (primary N) is 1. The lowest BCUT2D eigenvalue weighted by molar-refractivity contribution is -0.0550. The molecule has 2 atom stereocenters. The quantitative estimate of drug-likeness (QED) is 0.904. The molecule has 3 nitrogen and oxygen atoms in total. The van der Waals surface area contributed by atoms with Crippen LogP contribution in [0.25, 0.3) is 0 Å². The van der Waals surface area contributed by atoms with Crippen molar-refractivity contribution in [3.05, 3.63) is 30.1 Å². The first kappa shape index (κ1) is 14.5. The van der Waals surface area contributed by atoms with E-state index in [0.717, 1.165) is 18.4 Å². The Hall–Kier alpha value is -0.930. The van der Waals surface area contributed by atoms with Gasteiger partial charge in [-0.05, 0) is 44.1 Å². The highest BCUT2D eigenvalue weighted by molar-refractivity contribution is 5.14. The minimum atomic E-state index is -0.0417. The second kappa shape index (κ2) is 6.02. The van der Waals surface area contributed by atoms with Crippen molar-refractivity contribution in [1.82, 2.24) is 4.98 Å². The summed E-state index contributed by atoms with van der Waals surface area (Å²) in [6, 6.07) is 3.98. The highest BCUT2D eigenvalue weighted by atomic mass is 16.5. The topological polar surface area (TPSA) is 48.1 Å². The summed E-state index contributed by atoms with van der Waals surface area (Å²) in [6.45, 7) is 6.69. The summed E-state index contributed by atoms with van der Waals surface area (Å²) >= 11 is 0. The van der Waals surface area contributed by atoms with Crippen molar-refractivity contribution in [2.24, 2.45) is 11.1 Å². The lowest BCUT2D eigenvalue weighted by Crippen LogP contribution is -2.33. The fourth-order valence-corrected chi connectivity index (χ4v) is 2.77. The van der Waals surface area contributed by atoms with Crippen molar-refractivity contribution in [2.75, 3.05) is 0 Å². The molecule has 1 aliphatic rings. The van der Waals surface area contributed by atoms with E-state index in [2.05, 4.69) is 18.8 Å². The number of ether oxygens (including phenoxy) is 1. The van der Waals surface area contributed by atoms with Gasteiger partial charge in [0.15, 0.2) is 0 Å². The highest BCUT2D eigenvalue weighted by Crippen LogP contribution is 2.38. The van der Waals surface area contributed by atoms with E-state index >= 15 is 0 Å². The molecule has 19 heavy (non-hydrogen) atoms. The molecule has 1 aromatic heterocycles. The highest BCUT2D eigenvalue weighted by Gasteiger charge is 2.30. The van der Waals surface area contributed by atoms with Gasteiger partial charge in [-0.15, -0.1) is 0 Å². The molecular formula is C16H26N2O. The normalized spacial score (nSPS) is 22.9. The first-order valence-electron chi connectivity index (χ1n) is 7.29. The molecule has 1 saturated carbocycles. The lowest BCUT2D eigenvalue weighted by Gasteiger charge is -2.36. The number of rotatable bonds is 4. The number of aromatic nitrogens is 1. The van der Waals surface area contributed by atoms with E-state index in [1.165, 1.54) is 12.8 Å². The minimum absolute atomic E-state index is 0.0147. The van der Waals surface area contributed by atoms with Gasteiger partial charge in [0.05, 0.1) is 12.2 Å². The second-order valence-electron chi connectivity index (χ2n) is 6.57. The van der Waals surface area contributed by atoms with Crippen molar-refractivity contribution in [3.63, 3.8) is 0 Å². The fraction of sp³-hybridized carbons (Fsp3) is 0.688. The molecule has 2 N–H and O–H groups in total. The zero-order chi connectivity index (χ0) is 13.9. The summed E-state index contributed by atoms with van der Waals surface area (Å²) in [5.41, 5.74) is 7.64. The van der Waals surface area contributed by atoms with Crippen LogP contribution >= 0.6 is 0 Å². The Bertz CT molecular complexity index is 379. The molecule has 1 fully saturated rings. The average Bonchev–Trinajstić information content (AvgIpc) is 2.38. The van der Waals surface area contributed by atoms with Crippen molar-refractivity contribution in [3.8, 4) is 0 Å². The fourth-order valence-electron chi connectivity index (χ4n) is 2.77. The molecule has 1 aromatic rings. The van der Waals surface area contributed by atoms with Crippen LogP contribution in [0, 0.1) is 5.41 Å². The van der Waals surface area contributed by atoms with Crippen molar-refractivity contribution < 1.29 is 4.74 Å². The molecule has 0 aliphatic heterocycles. The van der Waals surface area contributed by atoms with Gasteiger partial charge in [0.25, 0.3) is 0 Å². The van der Waals surface area contributed by atoms with Crippen LogP contribution in [0.15, 0.2) is 24.5 Å². The van der Waals surface area contributed by atoms with Gasteiger partial charge >= 0.3 is 0 Å². The first-order chi connectivity index (χ1) is 8.98. The maximum atomic E-state index is 6.27. The van der Waals surface area contributed by atoms with Crippen LogP contribution in [0.4, 0.5) is 0 Å². The standard InChI is InChI=1S/C16H26N2O/c1-12(17)15(13-5-4-10-18-11-13)19-14-6-8-16(2,3)9-7-14/h4-5,10-12,14-15H,6-9,17H2,1-3H3. The molecule has 0 aromatic carbocycles. The third kappa shape index (κ3) is 4.02.